The van der Waals surface area contributed by atoms with Crippen LogP contribution >= 0.6 is 11.3 Å². The average Bonchev–Trinajstić information content (AvgIpc) is 3.19. The van der Waals surface area contributed by atoms with Crippen LogP contribution in [-0.4, -0.2) is 31.1 Å². The molecular weight excluding hydrogens is 304 g/mol. The van der Waals surface area contributed by atoms with E-state index in [1.54, 1.807) is 11.3 Å². The molecule has 0 aliphatic carbocycles. The molecule has 1 aliphatic rings. The van der Waals surface area contributed by atoms with Crippen molar-refractivity contribution in [1.29, 1.82) is 0 Å². The molecule has 3 rings (SSSR count). The van der Waals surface area contributed by atoms with Crippen molar-refractivity contribution in [2.75, 3.05) is 25.0 Å². The van der Waals surface area contributed by atoms with Gasteiger partial charge in [-0.05, 0) is 18.1 Å². The fraction of sp³-hybridized carbons (Fsp3) is 0.444. The summed E-state index contributed by atoms with van der Waals surface area (Å²) >= 11 is 1.76. The summed E-state index contributed by atoms with van der Waals surface area (Å²) in [5.41, 5.74) is 3.84. The Morgan fingerprint density at radius 1 is 1.39 bits per heavy atom. The van der Waals surface area contributed by atoms with Crippen LogP contribution in [-0.2, 0) is 12.8 Å². The van der Waals surface area contributed by atoms with Crippen LogP contribution in [0, 0.1) is 0 Å². The van der Waals surface area contributed by atoms with E-state index in [-0.39, 0.29) is 0 Å². The number of hydrogen-bond donors (Lipinski definition) is 1. The standard InChI is InChI=1S/C18H24N4S/c1-13(2)17-21-15(12-23-17)8-10-20-18(19-3)22-11-9-14-6-4-5-7-16(14)22/h4-7,12-13H,8-11H2,1-3H3,(H,19,20). The molecule has 0 unspecified atom stereocenters. The van der Waals surface area contributed by atoms with Crippen LogP contribution in [0.1, 0.15) is 36.0 Å². The van der Waals surface area contributed by atoms with Crippen molar-refractivity contribution < 1.29 is 0 Å². The van der Waals surface area contributed by atoms with Crippen molar-refractivity contribution in [3.8, 4) is 0 Å². The van der Waals surface area contributed by atoms with E-state index in [2.05, 4.69) is 58.7 Å². The van der Waals surface area contributed by atoms with Crippen molar-refractivity contribution in [3.05, 3.63) is 45.9 Å². The molecule has 23 heavy (non-hydrogen) atoms. The second kappa shape index (κ2) is 7.13. The molecule has 1 aromatic heterocycles. The van der Waals surface area contributed by atoms with Gasteiger partial charge in [0, 0.05) is 43.5 Å². The molecule has 1 aromatic carbocycles. The maximum absolute atomic E-state index is 4.69. The first-order valence-corrected chi connectivity index (χ1v) is 9.07. The predicted octanol–water partition coefficient (Wildman–Crippen LogP) is 3.45. The summed E-state index contributed by atoms with van der Waals surface area (Å²) in [6, 6.07) is 8.57. The lowest BCUT2D eigenvalue weighted by Gasteiger charge is -2.22. The van der Waals surface area contributed by atoms with Crippen LogP contribution in [0.15, 0.2) is 34.6 Å². The van der Waals surface area contributed by atoms with Crippen molar-refractivity contribution in [2.24, 2.45) is 4.99 Å². The highest BCUT2D eigenvalue weighted by molar-refractivity contribution is 7.09. The number of hydrogen-bond acceptors (Lipinski definition) is 3. The van der Waals surface area contributed by atoms with Crippen molar-refractivity contribution >= 4 is 23.0 Å². The van der Waals surface area contributed by atoms with Crippen LogP contribution in [0.25, 0.3) is 0 Å². The first-order valence-electron chi connectivity index (χ1n) is 8.19. The van der Waals surface area contributed by atoms with E-state index in [9.17, 15) is 0 Å². The molecule has 0 radical (unpaired) electrons. The predicted molar refractivity (Wildman–Crippen MR) is 98.8 cm³/mol. The number of para-hydroxylation sites is 1. The van der Waals surface area contributed by atoms with Crippen molar-refractivity contribution in [1.82, 2.24) is 10.3 Å². The summed E-state index contributed by atoms with van der Waals surface area (Å²) in [6.07, 6.45) is 2.01. The van der Waals surface area contributed by atoms with Gasteiger partial charge in [-0.25, -0.2) is 4.98 Å². The van der Waals surface area contributed by atoms with Crippen LogP contribution in [0.5, 0.6) is 0 Å². The third kappa shape index (κ3) is 3.55. The second-order valence-corrected chi connectivity index (χ2v) is 6.98. The molecule has 0 saturated carbocycles. The second-order valence-electron chi connectivity index (χ2n) is 6.09. The minimum atomic E-state index is 0.510. The monoisotopic (exact) mass is 328 g/mol. The van der Waals surface area contributed by atoms with Gasteiger partial charge in [0.2, 0.25) is 0 Å². The lowest BCUT2D eigenvalue weighted by molar-refractivity contribution is 0.800. The largest absolute Gasteiger partial charge is 0.356 e. The number of aromatic nitrogens is 1. The Labute approximate surface area is 142 Å². The molecule has 2 heterocycles. The maximum Gasteiger partial charge on any atom is 0.198 e. The van der Waals surface area contributed by atoms with E-state index in [0.717, 1.165) is 31.9 Å². The van der Waals surface area contributed by atoms with Gasteiger partial charge in [0.05, 0.1) is 10.7 Å². The number of nitrogens with zero attached hydrogens (tertiary/aromatic N) is 3. The number of fused-ring (bicyclic) bond motifs is 1. The van der Waals surface area contributed by atoms with E-state index >= 15 is 0 Å². The topological polar surface area (TPSA) is 40.5 Å². The highest BCUT2D eigenvalue weighted by Gasteiger charge is 2.22. The molecule has 1 N–H and O–H groups in total. The Morgan fingerprint density at radius 3 is 2.96 bits per heavy atom. The average molecular weight is 328 g/mol. The zero-order valence-corrected chi connectivity index (χ0v) is 14.9. The van der Waals surface area contributed by atoms with Crippen LogP contribution in [0.3, 0.4) is 0 Å². The zero-order valence-electron chi connectivity index (χ0n) is 14.0. The highest BCUT2D eigenvalue weighted by Crippen LogP contribution is 2.27. The molecule has 5 heteroatoms. The third-order valence-electron chi connectivity index (χ3n) is 4.08. The molecule has 0 saturated heterocycles. The van der Waals surface area contributed by atoms with E-state index in [1.807, 2.05) is 7.05 Å². The van der Waals surface area contributed by atoms with Crippen molar-refractivity contribution in [2.45, 2.75) is 32.6 Å². The van der Waals surface area contributed by atoms with Crippen LogP contribution < -0.4 is 10.2 Å². The van der Waals surface area contributed by atoms with Crippen molar-refractivity contribution in [3.63, 3.8) is 0 Å². The smallest absolute Gasteiger partial charge is 0.198 e. The Morgan fingerprint density at radius 2 is 2.22 bits per heavy atom. The van der Waals surface area contributed by atoms with Gasteiger partial charge >= 0.3 is 0 Å². The summed E-state index contributed by atoms with van der Waals surface area (Å²) in [5, 5.41) is 6.87. The quantitative estimate of drug-likeness (QED) is 0.690. The number of benzene rings is 1. The van der Waals surface area contributed by atoms with Gasteiger partial charge in [0.15, 0.2) is 5.96 Å². The summed E-state index contributed by atoms with van der Waals surface area (Å²) in [7, 11) is 1.85. The molecule has 0 bridgehead atoms. The molecule has 122 valence electrons. The minimum Gasteiger partial charge on any atom is -0.356 e. The Bertz CT molecular complexity index is 690. The minimum absolute atomic E-state index is 0.510. The molecule has 0 amide bonds. The molecule has 0 spiro atoms. The Hall–Kier alpha value is -1.88. The first-order chi connectivity index (χ1) is 11.2. The Balaban J connectivity index is 1.58. The molecule has 0 fully saturated rings. The number of aliphatic imine (C=N–C) groups is 1. The lowest BCUT2D eigenvalue weighted by atomic mass is 10.2. The van der Waals surface area contributed by atoms with Gasteiger partial charge in [0.25, 0.3) is 0 Å². The zero-order chi connectivity index (χ0) is 16.2. The summed E-state index contributed by atoms with van der Waals surface area (Å²) < 4.78 is 0. The van der Waals surface area contributed by atoms with Crippen LogP contribution in [0.2, 0.25) is 0 Å². The van der Waals surface area contributed by atoms with Gasteiger partial charge in [-0.1, -0.05) is 32.0 Å². The number of guanidine groups is 1. The lowest BCUT2D eigenvalue weighted by Crippen LogP contribution is -2.41. The first kappa shape index (κ1) is 16.0. The molecule has 1 aliphatic heterocycles. The fourth-order valence-electron chi connectivity index (χ4n) is 2.86. The van der Waals surface area contributed by atoms with Gasteiger partial charge in [-0.3, -0.25) is 4.99 Å². The highest BCUT2D eigenvalue weighted by atomic mass is 32.1. The maximum atomic E-state index is 4.69. The normalized spacial score (nSPS) is 14.4. The summed E-state index contributed by atoms with van der Waals surface area (Å²) in [6.45, 7) is 6.22. The van der Waals surface area contributed by atoms with Crippen LogP contribution in [0.4, 0.5) is 5.69 Å². The molecule has 4 nitrogen and oxygen atoms in total. The fourth-order valence-corrected chi connectivity index (χ4v) is 3.73. The number of anilines is 1. The Kier molecular flexibility index (Phi) is 4.96. The van der Waals surface area contributed by atoms with Gasteiger partial charge in [-0.15, -0.1) is 11.3 Å². The number of nitrogens with one attached hydrogen (secondary N) is 1. The summed E-state index contributed by atoms with van der Waals surface area (Å²) in [5.74, 6) is 1.46. The number of rotatable bonds is 4. The SMILES string of the molecule is CN=C(NCCc1csc(C(C)C)n1)N1CCc2ccccc21. The number of thiazole rings is 1. The van der Waals surface area contributed by atoms with E-state index in [4.69, 9.17) is 4.98 Å². The van der Waals surface area contributed by atoms with E-state index in [0.29, 0.717) is 5.92 Å². The van der Waals surface area contributed by atoms with E-state index in [1.165, 1.54) is 22.0 Å². The third-order valence-corrected chi connectivity index (χ3v) is 5.28. The van der Waals surface area contributed by atoms with Gasteiger partial charge in [0.1, 0.15) is 0 Å². The van der Waals surface area contributed by atoms with Gasteiger partial charge in [-0.2, -0.15) is 0 Å². The molecular formula is C18H24N4S. The summed E-state index contributed by atoms with van der Waals surface area (Å²) in [4.78, 5) is 11.4. The molecule has 2 aromatic rings. The van der Waals surface area contributed by atoms with Gasteiger partial charge < -0.3 is 10.2 Å². The molecule has 0 atom stereocenters. The van der Waals surface area contributed by atoms with E-state index < -0.39 is 0 Å².